The van der Waals surface area contributed by atoms with Gasteiger partial charge in [-0.15, -0.1) is 0 Å². The second kappa shape index (κ2) is 6.04. The lowest BCUT2D eigenvalue weighted by Gasteiger charge is -2.20. The van der Waals surface area contributed by atoms with Gasteiger partial charge in [0, 0.05) is 18.7 Å². The smallest absolute Gasteiger partial charge is 0.312 e. The van der Waals surface area contributed by atoms with Crippen molar-refractivity contribution >= 4 is 0 Å². The van der Waals surface area contributed by atoms with Gasteiger partial charge in [-0.3, -0.25) is 4.79 Å². The average molecular weight is 262 g/mol. The molecule has 0 saturated heterocycles. The van der Waals surface area contributed by atoms with Crippen LogP contribution in [0.5, 0.6) is 0 Å². The van der Waals surface area contributed by atoms with Crippen LogP contribution < -0.4 is 10.9 Å². The Hall–Kier alpha value is -1.30. The number of nitrogens with one attached hydrogen (secondary N) is 1. The third-order valence-corrected chi connectivity index (χ3v) is 2.73. The third-order valence-electron chi connectivity index (χ3n) is 2.73. The molecule has 1 aromatic heterocycles. The number of aromatic nitrogens is 1. The molecule has 102 valence electrons. The highest BCUT2D eigenvalue weighted by atomic mass is 19.4. The topological polar surface area (TPSA) is 34.0 Å². The summed E-state index contributed by atoms with van der Waals surface area (Å²) in [6.45, 7) is 4.43. The van der Waals surface area contributed by atoms with E-state index in [1.807, 2.05) is 13.8 Å². The van der Waals surface area contributed by atoms with Crippen LogP contribution in [-0.4, -0.2) is 17.2 Å². The highest BCUT2D eigenvalue weighted by Crippen LogP contribution is 2.28. The lowest BCUT2D eigenvalue weighted by atomic mass is 10.2. The molecule has 0 spiro atoms. The lowest BCUT2D eigenvalue weighted by molar-refractivity contribution is -0.144. The molecule has 0 aliphatic heterocycles. The molecule has 0 aliphatic carbocycles. The van der Waals surface area contributed by atoms with Crippen molar-refractivity contribution in [2.75, 3.05) is 6.54 Å². The summed E-state index contributed by atoms with van der Waals surface area (Å²) < 4.78 is 39.2. The molecule has 1 atom stereocenters. The van der Waals surface area contributed by atoms with Crippen LogP contribution >= 0.6 is 0 Å². The summed E-state index contributed by atoms with van der Waals surface area (Å²) in [5.74, 6) is 0. The molecule has 1 rings (SSSR count). The van der Waals surface area contributed by atoms with Crippen molar-refractivity contribution in [3.05, 3.63) is 34.2 Å². The first-order chi connectivity index (χ1) is 8.40. The van der Waals surface area contributed by atoms with Crippen molar-refractivity contribution in [3.63, 3.8) is 0 Å². The Balaban J connectivity index is 3.10. The monoisotopic (exact) mass is 262 g/mol. The van der Waals surface area contributed by atoms with E-state index < -0.39 is 17.4 Å². The van der Waals surface area contributed by atoms with Crippen molar-refractivity contribution in [2.45, 2.75) is 39.0 Å². The minimum absolute atomic E-state index is 0.0266. The number of hydrogen-bond acceptors (Lipinski definition) is 2. The van der Waals surface area contributed by atoms with Crippen molar-refractivity contribution < 1.29 is 13.2 Å². The Labute approximate surface area is 104 Å². The zero-order valence-corrected chi connectivity index (χ0v) is 10.4. The summed E-state index contributed by atoms with van der Waals surface area (Å²) in [4.78, 5) is 11.6. The van der Waals surface area contributed by atoms with Crippen LogP contribution in [0.15, 0.2) is 23.0 Å². The zero-order chi connectivity index (χ0) is 13.8. The summed E-state index contributed by atoms with van der Waals surface area (Å²) in [6.07, 6.45) is -3.85. The fourth-order valence-electron chi connectivity index (χ4n) is 1.80. The standard InChI is InChI=1S/C12H17F3N2O/c1-3-9(16-4-2)8-17-10(12(13,14)15)6-5-7-11(17)18/h5-7,9,16H,3-4,8H2,1-2H3. The van der Waals surface area contributed by atoms with Crippen LogP contribution in [0.1, 0.15) is 26.0 Å². The molecule has 0 radical (unpaired) electrons. The molecule has 1 N–H and O–H groups in total. The molecule has 6 heteroatoms. The van der Waals surface area contributed by atoms with E-state index in [4.69, 9.17) is 0 Å². The van der Waals surface area contributed by atoms with Crippen molar-refractivity contribution in [1.82, 2.24) is 9.88 Å². The summed E-state index contributed by atoms with van der Waals surface area (Å²) >= 11 is 0. The van der Waals surface area contributed by atoms with Crippen LogP contribution in [0.3, 0.4) is 0 Å². The summed E-state index contributed by atoms with van der Waals surface area (Å²) in [5, 5.41) is 3.06. The minimum atomic E-state index is -4.51. The van der Waals surface area contributed by atoms with Gasteiger partial charge in [0.05, 0.1) is 0 Å². The molecule has 18 heavy (non-hydrogen) atoms. The predicted molar refractivity (Wildman–Crippen MR) is 63.5 cm³/mol. The maximum Gasteiger partial charge on any atom is 0.431 e. The fourth-order valence-corrected chi connectivity index (χ4v) is 1.80. The van der Waals surface area contributed by atoms with E-state index in [1.165, 1.54) is 0 Å². The molecule has 0 bridgehead atoms. The summed E-state index contributed by atoms with van der Waals surface area (Å²) in [5.41, 5.74) is -1.52. The molecule has 1 unspecified atom stereocenters. The number of rotatable bonds is 5. The molecule has 0 aliphatic rings. The van der Waals surface area contributed by atoms with Crippen molar-refractivity contribution in [1.29, 1.82) is 0 Å². The number of halogens is 3. The van der Waals surface area contributed by atoms with Gasteiger partial charge in [0.25, 0.3) is 5.56 Å². The molecule has 1 aromatic rings. The second-order valence-corrected chi connectivity index (χ2v) is 4.02. The first kappa shape index (κ1) is 14.8. The average Bonchev–Trinajstić information content (AvgIpc) is 2.29. The van der Waals surface area contributed by atoms with Gasteiger partial charge < -0.3 is 9.88 Å². The zero-order valence-electron chi connectivity index (χ0n) is 10.4. The Morgan fingerprint density at radius 3 is 2.50 bits per heavy atom. The van der Waals surface area contributed by atoms with Crippen LogP contribution in [-0.2, 0) is 12.7 Å². The molecular weight excluding hydrogens is 245 g/mol. The number of pyridine rings is 1. The lowest BCUT2D eigenvalue weighted by Crippen LogP contribution is -2.38. The summed E-state index contributed by atoms with van der Waals surface area (Å²) in [7, 11) is 0. The second-order valence-electron chi connectivity index (χ2n) is 4.02. The number of hydrogen-bond donors (Lipinski definition) is 1. The van der Waals surface area contributed by atoms with Gasteiger partial charge in [0.2, 0.25) is 0 Å². The Kier molecular flexibility index (Phi) is 4.95. The fraction of sp³-hybridized carbons (Fsp3) is 0.583. The largest absolute Gasteiger partial charge is 0.431 e. The van der Waals surface area contributed by atoms with Crippen LogP contribution in [0.4, 0.5) is 13.2 Å². The van der Waals surface area contributed by atoms with Gasteiger partial charge in [-0.2, -0.15) is 13.2 Å². The van der Waals surface area contributed by atoms with Gasteiger partial charge in [-0.1, -0.05) is 19.9 Å². The first-order valence-corrected chi connectivity index (χ1v) is 5.90. The Morgan fingerprint density at radius 1 is 1.33 bits per heavy atom. The van der Waals surface area contributed by atoms with Gasteiger partial charge in [0.15, 0.2) is 0 Å². The van der Waals surface area contributed by atoms with Crippen LogP contribution in [0.25, 0.3) is 0 Å². The van der Waals surface area contributed by atoms with Gasteiger partial charge in [-0.25, -0.2) is 0 Å². The maximum absolute atomic E-state index is 12.8. The molecular formula is C12H17F3N2O. The van der Waals surface area contributed by atoms with E-state index in [0.29, 0.717) is 13.0 Å². The van der Waals surface area contributed by atoms with E-state index >= 15 is 0 Å². The molecule has 0 amide bonds. The highest BCUT2D eigenvalue weighted by molar-refractivity contribution is 5.10. The Morgan fingerprint density at radius 2 is 2.00 bits per heavy atom. The van der Waals surface area contributed by atoms with Crippen molar-refractivity contribution in [2.24, 2.45) is 0 Å². The first-order valence-electron chi connectivity index (χ1n) is 5.90. The SMILES string of the molecule is CCNC(CC)Cn1c(C(F)(F)F)cccc1=O. The Bertz CT molecular complexity index is 440. The molecule has 3 nitrogen and oxygen atoms in total. The van der Waals surface area contributed by atoms with Crippen LogP contribution in [0.2, 0.25) is 0 Å². The normalized spacial score (nSPS) is 13.6. The molecule has 1 heterocycles. The van der Waals surface area contributed by atoms with E-state index in [0.717, 1.165) is 22.8 Å². The number of likely N-dealkylation sites (N-methyl/N-ethyl adjacent to an activating group) is 1. The minimum Gasteiger partial charge on any atom is -0.312 e. The van der Waals surface area contributed by atoms with E-state index in [1.54, 1.807) is 0 Å². The highest BCUT2D eigenvalue weighted by Gasteiger charge is 2.34. The summed E-state index contributed by atoms with van der Waals surface area (Å²) in [6, 6.07) is 3.07. The predicted octanol–water partition coefficient (Wildman–Crippen LogP) is 2.26. The van der Waals surface area contributed by atoms with E-state index in [-0.39, 0.29) is 12.6 Å². The number of alkyl halides is 3. The quantitative estimate of drug-likeness (QED) is 0.883. The van der Waals surface area contributed by atoms with Gasteiger partial charge in [-0.05, 0) is 19.0 Å². The van der Waals surface area contributed by atoms with Gasteiger partial charge >= 0.3 is 6.18 Å². The maximum atomic E-state index is 12.8. The van der Waals surface area contributed by atoms with Crippen LogP contribution in [0, 0.1) is 0 Å². The molecule has 0 aromatic carbocycles. The van der Waals surface area contributed by atoms with E-state index in [9.17, 15) is 18.0 Å². The third kappa shape index (κ3) is 3.60. The van der Waals surface area contributed by atoms with Gasteiger partial charge in [0.1, 0.15) is 5.69 Å². The molecule has 0 saturated carbocycles. The number of nitrogens with zero attached hydrogens (tertiary/aromatic N) is 1. The van der Waals surface area contributed by atoms with E-state index in [2.05, 4.69) is 5.32 Å². The van der Waals surface area contributed by atoms with Crippen molar-refractivity contribution in [3.8, 4) is 0 Å². The molecule has 0 fully saturated rings.